The zero-order chi connectivity index (χ0) is 11.0. The summed E-state index contributed by atoms with van der Waals surface area (Å²) in [5, 5.41) is 8.13. The van der Waals surface area contributed by atoms with Gasteiger partial charge in [0.05, 0.1) is 0 Å². The molecule has 2 fully saturated rings. The van der Waals surface area contributed by atoms with Crippen molar-refractivity contribution in [3.8, 4) is 0 Å². The molecule has 2 heteroatoms. The third kappa shape index (κ3) is 2.05. The minimum absolute atomic E-state index is 0.704. The lowest BCUT2D eigenvalue weighted by Crippen LogP contribution is -2.35. The molecule has 1 aromatic rings. The van der Waals surface area contributed by atoms with Crippen LogP contribution in [0.2, 0.25) is 0 Å². The number of thiophene rings is 1. The number of rotatable bonds is 4. The first-order valence-corrected chi connectivity index (χ1v) is 7.51. The van der Waals surface area contributed by atoms with Crippen molar-refractivity contribution < 1.29 is 0 Å². The van der Waals surface area contributed by atoms with Gasteiger partial charge in [-0.15, -0.1) is 0 Å². The highest BCUT2D eigenvalue weighted by atomic mass is 32.1. The molecule has 1 nitrogen and oxygen atoms in total. The van der Waals surface area contributed by atoms with E-state index in [0.717, 1.165) is 24.3 Å². The predicted molar refractivity (Wildman–Crippen MR) is 69.6 cm³/mol. The van der Waals surface area contributed by atoms with E-state index in [9.17, 15) is 0 Å². The summed E-state index contributed by atoms with van der Waals surface area (Å²) in [6.07, 6.45) is 6.02. The number of hydrogen-bond acceptors (Lipinski definition) is 2. The number of fused-ring (bicyclic) bond motifs is 2. The molecule has 1 N–H and O–H groups in total. The van der Waals surface area contributed by atoms with Gasteiger partial charge in [-0.1, -0.05) is 6.42 Å². The third-order valence-electron chi connectivity index (χ3n) is 4.64. The molecule has 2 saturated carbocycles. The van der Waals surface area contributed by atoms with Gasteiger partial charge < -0.3 is 5.32 Å². The molecular formula is C14H21NS. The van der Waals surface area contributed by atoms with Crippen LogP contribution in [0.1, 0.15) is 38.2 Å². The Kier molecular flexibility index (Phi) is 3.03. The maximum absolute atomic E-state index is 3.72. The van der Waals surface area contributed by atoms with Crippen LogP contribution in [-0.2, 0) is 6.54 Å². The van der Waals surface area contributed by atoms with E-state index in [1.54, 1.807) is 11.3 Å². The van der Waals surface area contributed by atoms with Crippen LogP contribution in [0.5, 0.6) is 0 Å². The van der Waals surface area contributed by atoms with Gasteiger partial charge in [-0.3, -0.25) is 0 Å². The minimum Gasteiger partial charge on any atom is -0.310 e. The topological polar surface area (TPSA) is 12.0 Å². The van der Waals surface area contributed by atoms with Crippen molar-refractivity contribution in [2.75, 3.05) is 0 Å². The zero-order valence-corrected chi connectivity index (χ0v) is 10.8. The molecule has 88 valence electrons. The van der Waals surface area contributed by atoms with Crippen molar-refractivity contribution in [2.45, 2.75) is 45.2 Å². The SMILES string of the molecule is CC(NCc1ccsc1)C1CC2CCC1C2. The molecule has 2 bridgehead atoms. The maximum Gasteiger partial charge on any atom is 0.0216 e. The Morgan fingerprint density at radius 1 is 1.44 bits per heavy atom. The highest BCUT2D eigenvalue weighted by Crippen LogP contribution is 2.49. The molecule has 0 amide bonds. The van der Waals surface area contributed by atoms with Crippen LogP contribution >= 0.6 is 11.3 Å². The van der Waals surface area contributed by atoms with Gasteiger partial charge in [-0.2, -0.15) is 11.3 Å². The molecule has 1 heterocycles. The summed E-state index contributed by atoms with van der Waals surface area (Å²) in [5.41, 5.74) is 1.44. The third-order valence-corrected chi connectivity index (χ3v) is 5.38. The summed E-state index contributed by atoms with van der Waals surface area (Å²) in [5.74, 6) is 3.06. The lowest BCUT2D eigenvalue weighted by Gasteiger charge is -2.28. The number of hydrogen-bond donors (Lipinski definition) is 1. The van der Waals surface area contributed by atoms with Crippen LogP contribution in [-0.4, -0.2) is 6.04 Å². The van der Waals surface area contributed by atoms with E-state index >= 15 is 0 Å². The lowest BCUT2D eigenvalue weighted by atomic mass is 9.84. The Hall–Kier alpha value is -0.340. The zero-order valence-electron chi connectivity index (χ0n) is 9.99. The molecule has 2 aliphatic carbocycles. The smallest absolute Gasteiger partial charge is 0.0216 e. The van der Waals surface area contributed by atoms with Gasteiger partial charge in [0.15, 0.2) is 0 Å². The molecule has 4 unspecified atom stereocenters. The summed E-state index contributed by atoms with van der Waals surface area (Å²) in [7, 11) is 0. The second-order valence-corrected chi connectivity index (χ2v) is 6.42. The van der Waals surface area contributed by atoms with E-state index in [-0.39, 0.29) is 0 Å². The van der Waals surface area contributed by atoms with E-state index in [4.69, 9.17) is 0 Å². The maximum atomic E-state index is 3.72. The predicted octanol–water partition coefficient (Wildman–Crippen LogP) is 3.66. The van der Waals surface area contributed by atoms with Crippen LogP contribution in [0, 0.1) is 17.8 Å². The Balaban J connectivity index is 1.52. The molecule has 0 aromatic carbocycles. The van der Waals surface area contributed by atoms with Gasteiger partial charge in [0.2, 0.25) is 0 Å². The van der Waals surface area contributed by atoms with Crippen LogP contribution in [0.25, 0.3) is 0 Å². The molecule has 0 aliphatic heterocycles. The van der Waals surface area contributed by atoms with E-state index in [1.807, 2.05) is 0 Å². The van der Waals surface area contributed by atoms with Crippen molar-refractivity contribution >= 4 is 11.3 Å². The second kappa shape index (κ2) is 4.50. The van der Waals surface area contributed by atoms with E-state index in [1.165, 1.54) is 31.2 Å². The molecule has 0 radical (unpaired) electrons. The Morgan fingerprint density at radius 3 is 3.00 bits per heavy atom. The molecule has 0 spiro atoms. The van der Waals surface area contributed by atoms with Gasteiger partial charge in [-0.05, 0) is 66.3 Å². The number of nitrogens with one attached hydrogen (secondary N) is 1. The fraction of sp³-hybridized carbons (Fsp3) is 0.714. The van der Waals surface area contributed by atoms with Gasteiger partial charge in [0.1, 0.15) is 0 Å². The summed E-state index contributed by atoms with van der Waals surface area (Å²) in [6.45, 7) is 3.44. The summed E-state index contributed by atoms with van der Waals surface area (Å²) in [4.78, 5) is 0. The van der Waals surface area contributed by atoms with E-state index < -0.39 is 0 Å². The van der Waals surface area contributed by atoms with Crippen LogP contribution in [0.3, 0.4) is 0 Å². The van der Waals surface area contributed by atoms with Crippen molar-refractivity contribution in [1.29, 1.82) is 0 Å². The normalized spacial score (nSPS) is 34.4. The minimum atomic E-state index is 0.704. The average Bonchev–Trinajstić information content (AvgIpc) is 3.01. The standard InChI is InChI=1S/C14H21NS/c1-10(15-8-12-4-5-16-9-12)14-7-11-2-3-13(14)6-11/h4-5,9-11,13-15H,2-3,6-8H2,1H3. The van der Waals surface area contributed by atoms with Crippen molar-refractivity contribution in [1.82, 2.24) is 5.32 Å². The van der Waals surface area contributed by atoms with Crippen molar-refractivity contribution in [3.05, 3.63) is 22.4 Å². The van der Waals surface area contributed by atoms with E-state index in [0.29, 0.717) is 6.04 Å². The van der Waals surface area contributed by atoms with Gasteiger partial charge in [0, 0.05) is 12.6 Å². The average molecular weight is 235 g/mol. The van der Waals surface area contributed by atoms with Gasteiger partial charge >= 0.3 is 0 Å². The molecule has 1 aromatic heterocycles. The van der Waals surface area contributed by atoms with Crippen molar-refractivity contribution in [3.63, 3.8) is 0 Å². The molecular weight excluding hydrogens is 214 g/mol. The van der Waals surface area contributed by atoms with Crippen LogP contribution in [0.4, 0.5) is 0 Å². The quantitative estimate of drug-likeness (QED) is 0.840. The molecule has 16 heavy (non-hydrogen) atoms. The Bertz CT molecular complexity index is 333. The highest BCUT2D eigenvalue weighted by molar-refractivity contribution is 7.07. The largest absolute Gasteiger partial charge is 0.310 e. The Morgan fingerprint density at radius 2 is 2.38 bits per heavy atom. The Labute approximate surface area is 102 Å². The molecule has 2 aliphatic rings. The fourth-order valence-electron chi connectivity index (χ4n) is 3.73. The van der Waals surface area contributed by atoms with E-state index in [2.05, 4.69) is 29.1 Å². The molecule has 3 rings (SSSR count). The van der Waals surface area contributed by atoms with Gasteiger partial charge in [-0.25, -0.2) is 0 Å². The van der Waals surface area contributed by atoms with Gasteiger partial charge in [0.25, 0.3) is 0 Å². The first-order chi connectivity index (χ1) is 7.83. The monoisotopic (exact) mass is 235 g/mol. The summed E-state index contributed by atoms with van der Waals surface area (Å²) < 4.78 is 0. The van der Waals surface area contributed by atoms with Crippen LogP contribution < -0.4 is 5.32 Å². The summed E-state index contributed by atoms with van der Waals surface area (Å²) >= 11 is 1.80. The molecule has 4 atom stereocenters. The second-order valence-electron chi connectivity index (χ2n) is 5.64. The highest BCUT2D eigenvalue weighted by Gasteiger charge is 2.41. The summed E-state index contributed by atoms with van der Waals surface area (Å²) in [6, 6.07) is 2.93. The van der Waals surface area contributed by atoms with Crippen LogP contribution in [0.15, 0.2) is 16.8 Å². The van der Waals surface area contributed by atoms with Crippen molar-refractivity contribution in [2.24, 2.45) is 17.8 Å². The molecule has 0 saturated heterocycles. The first kappa shape index (κ1) is 10.8. The lowest BCUT2D eigenvalue weighted by molar-refractivity contribution is 0.259. The fourth-order valence-corrected chi connectivity index (χ4v) is 4.40. The first-order valence-electron chi connectivity index (χ1n) is 6.57.